The molecule has 0 aliphatic heterocycles. The number of fused-ring (bicyclic) bond motifs is 2. The third kappa shape index (κ3) is 2.41. The van der Waals surface area contributed by atoms with E-state index in [0.717, 1.165) is 24.8 Å². The van der Waals surface area contributed by atoms with Gasteiger partial charge in [-0.15, -0.1) is 0 Å². The number of benzene rings is 2. The van der Waals surface area contributed by atoms with Gasteiger partial charge >= 0.3 is 5.76 Å². The molecule has 1 aliphatic carbocycles. The maximum absolute atomic E-state index is 12.6. The van der Waals surface area contributed by atoms with Crippen molar-refractivity contribution in [3.05, 3.63) is 58.1 Å². The van der Waals surface area contributed by atoms with Gasteiger partial charge in [-0.05, 0) is 60.7 Å². The van der Waals surface area contributed by atoms with Crippen LogP contribution in [0.3, 0.4) is 0 Å². The molecule has 24 heavy (non-hydrogen) atoms. The Morgan fingerprint density at radius 3 is 2.71 bits per heavy atom. The molecule has 0 amide bonds. The number of aryl methyl sites for hydroxylation is 3. The third-order valence-electron chi connectivity index (χ3n) is 4.42. The minimum Gasteiger partial charge on any atom is -0.408 e. The van der Waals surface area contributed by atoms with E-state index in [2.05, 4.69) is 4.72 Å². The molecule has 7 heteroatoms. The zero-order valence-electron chi connectivity index (χ0n) is 13.1. The second-order valence-electron chi connectivity index (χ2n) is 6.00. The number of hydrogen-bond donors (Lipinski definition) is 1. The summed E-state index contributed by atoms with van der Waals surface area (Å²) >= 11 is 0. The first-order chi connectivity index (χ1) is 11.4. The van der Waals surface area contributed by atoms with Crippen LogP contribution in [-0.4, -0.2) is 13.0 Å². The highest BCUT2D eigenvalue weighted by Crippen LogP contribution is 2.26. The van der Waals surface area contributed by atoms with E-state index in [1.165, 1.54) is 10.1 Å². The maximum atomic E-state index is 12.6. The molecule has 1 aliphatic rings. The molecule has 6 nitrogen and oxygen atoms in total. The summed E-state index contributed by atoms with van der Waals surface area (Å²) in [7, 11) is -2.10. The molecule has 0 fully saturated rings. The SMILES string of the molecule is Cn1c(=O)oc2ccc(NS(=O)(=O)c3ccc4c(c3)CCC4)cc21. The number of aromatic nitrogens is 1. The van der Waals surface area contributed by atoms with E-state index >= 15 is 0 Å². The number of hydrogen-bond acceptors (Lipinski definition) is 4. The molecule has 0 atom stereocenters. The molecule has 0 bridgehead atoms. The summed E-state index contributed by atoms with van der Waals surface area (Å²) in [5.41, 5.74) is 3.67. The van der Waals surface area contributed by atoms with Gasteiger partial charge in [0.05, 0.1) is 16.1 Å². The second-order valence-corrected chi connectivity index (χ2v) is 7.68. The topological polar surface area (TPSA) is 81.3 Å². The molecule has 0 saturated carbocycles. The number of nitrogens with zero attached hydrogens (tertiary/aromatic N) is 1. The van der Waals surface area contributed by atoms with E-state index in [1.807, 2.05) is 6.07 Å². The minimum atomic E-state index is -3.68. The Morgan fingerprint density at radius 1 is 1.08 bits per heavy atom. The van der Waals surface area contributed by atoms with Crippen molar-refractivity contribution in [1.29, 1.82) is 0 Å². The second kappa shape index (κ2) is 5.24. The molecule has 1 heterocycles. The van der Waals surface area contributed by atoms with Crippen LogP contribution >= 0.6 is 0 Å². The summed E-state index contributed by atoms with van der Waals surface area (Å²) in [5.74, 6) is -0.483. The van der Waals surface area contributed by atoms with Crippen LogP contribution in [0.5, 0.6) is 0 Å². The van der Waals surface area contributed by atoms with Crippen molar-refractivity contribution in [1.82, 2.24) is 4.57 Å². The van der Waals surface area contributed by atoms with Gasteiger partial charge in [0.25, 0.3) is 10.0 Å². The summed E-state index contributed by atoms with van der Waals surface area (Å²) < 4.78 is 34.2. The first-order valence-corrected chi connectivity index (χ1v) is 9.16. The van der Waals surface area contributed by atoms with Gasteiger partial charge in [-0.2, -0.15) is 0 Å². The lowest BCUT2D eigenvalue weighted by Crippen LogP contribution is -2.13. The Balaban J connectivity index is 1.71. The van der Waals surface area contributed by atoms with E-state index in [-0.39, 0.29) is 4.90 Å². The highest BCUT2D eigenvalue weighted by atomic mass is 32.2. The van der Waals surface area contributed by atoms with Crippen molar-refractivity contribution in [3.8, 4) is 0 Å². The molecule has 1 N–H and O–H groups in total. The number of rotatable bonds is 3. The lowest BCUT2D eigenvalue weighted by atomic mass is 10.1. The number of oxazole rings is 1. The van der Waals surface area contributed by atoms with Crippen LogP contribution in [0, 0.1) is 0 Å². The van der Waals surface area contributed by atoms with Crippen LogP contribution in [0.4, 0.5) is 5.69 Å². The first kappa shape index (κ1) is 15.0. The van der Waals surface area contributed by atoms with Crippen LogP contribution in [-0.2, 0) is 29.9 Å². The fraction of sp³-hybridized carbons (Fsp3) is 0.235. The molecule has 4 rings (SSSR count). The highest BCUT2D eigenvalue weighted by Gasteiger charge is 2.19. The van der Waals surface area contributed by atoms with E-state index in [9.17, 15) is 13.2 Å². The van der Waals surface area contributed by atoms with E-state index in [4.69, 9.17) is 4.42 Å². The lowest BCUT2D eigenvalue weighted by molar-refractivity contribution is 0.528. The number of nitrogens with one attached hydrogen (secondary N) is 1. The van der Waals surface area contributed by atoms with Gasteiger partial charge in [-0.25, -0.2) is 13.2 Å². The predicted octanol–water partition coefficient (Wildman–Crippen LogP) is 2.42. The van der Waals surface area contributed by atoms with Crippen molar-refractivity contribution >= 4 is 26.8 Å². The average Bonchev–Trinajstić information content (AvgIpc) is 3.12. The van der Waals surface area contributed by atoms with Crippen LogP contribution in [0.2, 0.25) is 0 Å². The van der Waals surface area contributed by atoms with Gasteiger partial charge in [0.2, 0.25) is 0 Å². The zero-order chi connectivity index (χ0) is 16.9. The Morgan fingerprint density at radius 2 is 1.88 bits per heavy atom. The summed E-state index contributed by atoms with van der Waals surface area (Å²) in [6.45, 7) is 0. The summed E-state index contributed by atoms with van der Waals surface area (Å²) in [5, 5.41) is 0. The molecule has 3 aromatic rings. The van der Waals surface area contributed by atoms with Crippen molar-refractivity contribution < 1.29 is 12.8 Å². The third-order valence-corrected chi connectivity index (χ3v) is 5.80. The van der Waals surface area contributed by atoms with Crippen LogP contribution < -0.4 is 10.5 Å². The summed E-state index contributed by atoms with van der Waals surface area (Å²) in [6, 6.07) is 10.0. The molecule has 2 aromatic carbocycles. The largest absolute Gasteiger partial charge is 0.419 e. The van der Waals surface area contributed by atoms with E-state index in [1.54, 1.807) is 37.4 Å². The highest BCUT2D eigenvalue weighted by molar-refractivity contribution is 7.92. The molecule has 0 radical (unpaired) electrons. The fourth-order valence-corrected chi connectivity index (χ4v) is 4.22. The summed E-state index contributed by atoms with van der Waals surface area (Å²) in [4.78, 5) is 11.8. The van der Waals surface area contributed by atoms with E-state index < -0.39 is 15.8 Å². The fourth-order valence-electron chi connectivity index (χ4n) is 3.12. The van der Waals surface area contributed by atoms with Crippen molar-refractivity contribution in [3.63, 3.8) is 0 Å². The Kier molecular flexibility index (Phi) is 3.28. The minimum absolute atomic E-state index is 0.254. The van der Waals surface area contributed by atoms with Crippen LogP contribution in [0.15, 0.2) is 50.5 Å². The molecule has 0 saturated heterocycles. The summed E-state index contributed by atoms with van der Waals surface area (Å²) in [6.07, 6.45) is 2.99. The van der Waals surface area contributed by atoms with Gasteiger partial charge < -0.3 is 4.42 Å². The standard InChI is InChI=1S/C17H16N2O4S/c1-19-15-10-13(6-8-16(15)23-17(19)20)18-24(21,22)14-7-5-11-3-2-4-12(11)9-14/h5-10,18H,2-4H2,1H3. The Bertz CT molecular complexity index is 1110. The quantitative estimate of drug-likeness (QED) is 0.791. The molecule has 1 aromatic heterocycles. The normalized spacial score (nSPS) is 14.0. The van der Waals surface area contributed by atoms with Crippen molar-refractivity contribution in [2.75, 3.05) is 4.72 Å². The predicted molar refractivity (Wildman–Crippen MR) is 90.7 cm³/mol. The zero-order valence-corrected chi connectivity index (χ0v) is 13.9. The maximum Gasteiger partial charge on any atom is 0.419 e. The van der Waals surface area contributed by atoms with E-state index in [0.29, 0.717) is 16.8 Å². The number of anilines is 1. The Hall–Kier alpha value is -2.54. The van der Waals surface area contributed by atoms with Crippen molar-refractivity contribution in [2.45, 2.75) is 24.2 Å². The van der Waals surface area contributed by atoms with Gasteiger partial charge in [-0.3, -0.25) is 9.29 Å². The van der Waals surface area contributed by atoms with Gasteiger partial charge in [0.15, 0.2) is 5.58 Å². The molecule has 0 spiro atoms. The molecular weight excluding hydrogens is 328 g/mol. The first-order valence-electron chi connectivity index (χ1n) is 7.68. The van der Waals surface area contributed by atoms with Gasteiger partial charge in [-0.1, -0.05) is 6.07 Å². The lowest BCUT2D eigenvalue weighted by Gasteiger charge is -2.10. The van der Waals surface area contributed by atoms with Gasteiger partial charge in [0, 0.05) is 7.05 Å². The number of sulfonamides is 1. The molecule has 0 unspecified atom stereocenters. The molecular formula is C17H16N2O4S. The smallest absolute Gasteiger partial charge is 0.408 e. The van der Waals surface area contributed by atoms with Gasteiger partial charge in [0.1, 0.15) is 0 Å². The Labute approximate surface area is 138 Å². The van der Waals surface area contributed by atoms with Crippen LogP contribution in [0.1, 0.15) is 17.5 Å². The average molecular weight is 344 g/mol. The van der Waals surface area contributed by atoms with Crippen molar-refractivity contribution in [2.24, 2.45) is 7.05 Å². The van der Waals surface area contributed by atoms with Crippen LogP contribution in [0.25, 0.3) is 11.1 Å². The molecule has 124 valence electrons. The monoisotopic (exact) mass is 344 g/mol.